The Bertz CT molecular complexity index is 313. The van der Waals surface area contributed by atoms with Gasteiger partial charge >= 0.3 is 0 Å². The molecule has 2 atom stereocenters. The van der Waals surface area contributed by atoms with Crippen LogP contribution in [-0.4, -0.2) is 43.5 Å². The molecule has 2 saturated heterocycles. The maximum Gasteiger partial charge on any atom is 0.151 e. The lowest BCUT2D eigenvalue weighted by Crippen LogP contribution is -2.46. The number of hydrogen-bond acceptors (Lipinski definition) is 3. The van der Waals surface area contributed by atoms with Crippen LogP contribution in [0.2, 0.25) is 0 Å². The number of nitrogens with zero attached hydrogens (tertiary/aromatic N) is 1. The highest BCUT2D eigenvalue weighted by atomic mass is 32.2. The van der Waals surface area contributed by atoms with Gasteiger partial charge in [-0.05, 0) is 32.2 Å². The van der Waals surface area contributed by atoms with E-state index >= 15 is 0 Å². The first-order valence-electron chi connectivity index (χ1n) is 6.08. The van der Waals surface area contributed by atoms with Crippen molar-refractivity contribution in [2.24, 2.45) is 0 Å². The lowest BCUT2D eigenvalue weighted by molar-refractivity contribution is 0.103. The molecule has 0 aromatic carbocycles. The second kappa shape index (κ2) is 4.42. The summed E-state index contributed by atoms with van der Waals surface area (Å²) >= 11 is 0. The highest BCUT2D eigenvalue weighted by Crippen LogP contribution is 2.27. The van der Waals surface area contributed by atoms with E-state index in [-0.39, 0.29) is 0 Å². The Morgan fingerprint density at radius 1 is 1.27 bits per heavy atom. The van der Waals surface area contributed by atoms with E-state index in [4.69, 9.17) is 0 Å². The van der Waals surface area contributed by atoms with Gasteiger partial charge in [0.05, 0.1) is 11.5 Å². The fourth-order valence-electron chi connectivity index (χ4n) is 2.98. The van der Waals surface area contributed by atoms with Crippen molar-refractivity contribution < 1.29 is 8.42 Å². The van der Waals surface area contributed by atoms with Crippen LogP contribution in [-0.2, 0) is 9.84 Å². The van der Waals surface area contributed by atoms with E-state index in [1.807, 2.05) is 0 Å². The Kier molecular flexibility index (Phi) is 3.36. The molecule has 0 amide bonds. The fourth-order valence-corrected chi connectivity index (χ4v) is 4.72. The molecule has 0 spiro atoms. The molecule has 2 heterocycles. The van der Waals surface area contributed by atoms with Crippen molar-refractivity contribution >= 4 is 9.84 Å². The molecule has 88 valence electrons. The van der Waals surface area contributed by atoms with Crippen LogP contribution in [0.15, 0.2) is 0 Å². The third kappa shape index (κ3) is 2.53. The van der Waals surface area contributed by atoms with Crippen molar-refractivity contribution in [3.8, 4) is 0 Å². The van der Waals surface area contributed by atoms with Crippen molar-refractivity contribution in [3.63, 3.8) is 0 Å². The van der Waals surface area contributed by atoms with E-state index in [1.165, 1.54) is 19.3 Å². The molecule has 2 fully saturated rings. The zero-order valence-corrected chi connectivity index (χ0v) is 10.3. The number of hydrogen-bond donors (Lipinski definition) is 0. The van der Waals surface area contributed by atoms with Gasteiger partial charge in [0.25, 0.3) is 0 Å². The van der Waals surface area contributed by atoms with Crippen LogP contribution in [0.5, 0.6) is 0 Å². The summed E-state index contributed by atoms with van der Waals surface area (Å²) in [5, 5.41) is 0. The molecular weight excluding hydrogens is 210 g/mol. The first kappa shape index (κ1) is 11.4. The van der Waals surface area contributed by atoms with Crippen LogP contribution in [0.1, 0.15) is 39.0 Å². The summed E-state index contributed by atoms with van der Waals surface area (Å²) in [5.41, 5.74) is 0. The molecular formula is C11H21NO2S. The summed E-state index contributed by atoms with van der Waals surface area (Å²) in [5.74, 6) is 0.814. The minimum Gasteiger partial charge on any atom is -0.296 e. The maximum absolute atomic E-state index is 11.5. The van der Waals surface area contributed by atoms with Gasteiger partial charge in [0.15, 0.2) is 9.84 Å². The Labute approximate surface area is 92.8 Å². The van der Waals surface area contributed by atoms with Crippen LogP contribution >= 0.6 is 0 Å². The molecule has 2 rings (SSSR count). The third-order valence-corrected chi connectivity index (χ3v) is 5.57. The predicted molar refractivity (Wildman–Crippen MR) is 61.7 cm³/mol. The van der Waals surface area contributed by atoms with Gasteiger partial charge in [-0.2, -0.15) is 0 Å². The van der Waals surface area contributed by atoms with Gasteiger partial charge in [0.1, 0.15) is 0 Å². The quantitative estimate of drug-likeness (QED) is 0.721. The third-order valence-electron chi connectivity index (χ3n) is 3.82. The molecule has 0 aromatic rings. The van der Waals surface area contributed by atoms with Crippen LogP contribution in [0.4, 0.5) is 0 Å². The van der Waals surface area contributed by atoms with Crippen molar-refractivity contribution in [2.75, 3.05) is 18.1 Å². The first-order chi connectivity index (χ1) is 7.12. The van der Waals surface area contributed by atoms with E-state index in [0.717, 1.165) is 19.4 Å². The number of piperidine rings is 1. The van der Waals surface area contributed by atoms with Crippen LogP contribution in [0, 0.1) is 0 Å². The highest BCUT2D eigenvalue weighted by Gasteiger charge is 2.35. The van der Waals surface area contributed by atoms with Gasteiger partial charge in [-0.25, -0.2) is 8.42 Å². The zero-order chi connectivity index (χ0) is 10.9. The summed E-state index contributed by atoms with van der Waals surface area (Å²) < 4.78 is 22.9. The Morgan fingerprint density at radius 2 is 2.07 bits per heavy atom. The second-order valence-corrected chi connectivity index (χ2v) is 7.08. The van der Waals surface area contributed by atoms with Crippen LogP contribution < -0.4 is 0 Å². The smallest absolute Gasteiger partial charge is 0.151 e. The summed E-state index contributed by atoms with van der Waals surface area (Å²) in [7, 11) is -2.72. The molecule has 0 aromatic heterocycles. The van der Waals surface area contributed by atoms with Crippen molar-refractivity contribution in [3.05, 3.63) is 0 Å². The fraction of sp³-hybridized carbons (Fsp3) is 1.00. The molecule has 3 nitrogen and oxygen atoms in total. The SMILES string of the molecule is CCC1CCCCN1C1CCS(=O)(=O)C1. The largest absolute Gasteiger partial charge is 0.296 e. The van der Waals surface area contributed by atoms with Gasteiger partial charge in [-0.15, -0.1) is 0 Å². The summed E-state index contributed by atoms with van der Waals surface area (Å²) in [6.45, 7) is 3.32. The number of likely N-dealkylation sites (tertiary alicyclic amines) is 1. The molecule has 0 saturated carbocycles. The average molecular weight is 231 g/mol. The lowest BCUT2D eigenvalue weighted by atomic mass is 9.97. The van der Waals surface area contributed by atoms with Gasteiger partial charge in [-0.3, -0.25) is 4.90 Å². The molecule has 0 N–H and O–H groups in total. The van der Waals surface area contributed by atoms with E-state index in [2.05, 4.69) is 11.8 Å². The summed E-state index contributed by atoms with van der Waals surface area (Å²) in [6, 6.07) is 0.956. The van der Waals surface area contributed by atoms with E-state index in [9.17, 15) is 8.42 Å². The average Bonchev–Trinajstić information content (AvgIpc) is 2.59. The number of sulfone groups is 1. The highest BCUT2D eigenvalue weighted by molar-refractivity contribution is 7.91. The molecule has 15 heavy (non-hydrogen) atoms. The normalized spacial score (nSPS) is 36.9. The lowest BCUT2D eigenvalue weighted by Gasteiger charge is -2.39. The van der Waals surface area contributed by atoms with Crippen LogP contribution in [0.25, 0.3) is 0 Å². The van der Waals surface area contributed by atoms with Gasteiger partial charge in [0.2, 0.25) is 0 Å². The summed E-state index contributed by atoms with van der Waals surface area (Å²) in [4.78, 5) is 2.47. The second-order valence-electron chi connectivity index (χ2n) is 4.85. The Morgan fingerprint density at radius 3 is 2.67 bits per heavy atom. The number of rotatable bonds is 2. The zero-order valence-electron chi connectivity index (χ0n) is 9.48. The molecule has 0 aliphatic carbocycles. The topological polar surface area (TPSA) is 37.4 Å². The predicted octanol–water partition coefficient (Wildman–Crippen LogP) is 1.44. The standard InChI is InChI=1S/C11H21NO2S/c1-2-10-5-3-4-7-12(10)11-6-8-15(13,14)9-11/h10-11H,2-9H2,1H3. The molecule has 0 bridgehead atoms. The Hall–Kier alpha value is -0.0900. The molecule has 0 radical (unpaired) electrons. The van der Waals surface area contributed by atoms with Crippen LogP contribution in [0.3, 0.4) is 0 Å². The van der Waals surface area contributed by atoms with Gasteiger partial charge in [0, 0.05) is 12.1 Å². The van der Waals surface area contributed by atoms with E-state index in [1.54, 1.807) is 0 Å². The molecule has 2 aliphatic rings. The van der Waals surface area contributed by atoms with E-state index < -0.39 is 9.84 Å². The van der Waals surface area contributed by atoms with Crippen molar-refractivity contribution in [2.45, 2.75) is 51.1 Å². The Balaban J connectivity index is 2.03. The summed E-state index contributed by atoms with van der Waals surface area (Å²) in [6.07, 6.45) is 5.84. The monoisotopic (exact) mass is 231 g/mol. The minimum atomic E-state index is -2.72. The maximum atomic E-state index is 11.5. The van der Waals surface area contributed by atoms with Crippen molar-refractivity contribution in [1.29, 1.82) is 0 Å². The van der Waals surface area contributed by atoms with E-state index in [0.29, 0.717) is 23.6 Å². The minimum absolute atomic E-state index is 0.320. The molecule has 2 aliphatic heterocycles. The van der Waals surface area contributed by atoms with Gasteiger partial charge in [-0.1, -0.05) is 13.3 Å². The van der Waals surface area contributed by atoms with Crippen molar-refractivity contribution in [1.82, 2.24) is 4.90 Å². The first-order valence-corrected chi connectivity index (χ1v) is 7.90. The molecule has 2 unspecified atom stereocenters. The molecule has 4 heteroatoms. The van der Waals surface area contributed by atoms with Gasteiger partial charge < -0.3 is 0 Å².